The van der Waals surface area contributed by atoms with Crippen LogP contribution < -0.4 is 19.5 Å². The van der Waals surface area contributed by atoms with E-state index in [1.807, 2.05) is 6.07 Å². The standard InChI is InChI=1S/C22H21F2N3O5/c1-30-17-9-18(31-2)21(24)16(20(17)23)12-32-15-10-25-22(26-11-15)27-14-5-3-4-13(8-14)6-7-19(28)29/h3-5,8-11H,6-7,12H2,1-2H3,(H,28,29)(H,25,26,27). The Hall–Kier alpha value is -3.95. The maximum absolute atomic E-state index is 14.4. The fourth-order valence-corrected chi connectivity index (χ4v) is 2.86. The second kappa shape index (κ2) is 10.4. The molecule has 0 aliphatic carbocycles. The van der Waals surface area contributed by atoms with Gasteiger partial charge in [-0.3, -0.25) is 4.79 Å². The first-order chi connectivity index (χ1) is 15.4. The third-order valence-corrected chi connectivity index (χ3v) is 4.49. The Bertz CT molecular complexity index is 1070. The number of aromatic nitrogens is 2. The van der Waals surface area contributed by atoms with E-state index >= 15 is 0 Å². The molecule has 0 saturated heterocycles. The first-order valence-electron chi connectivity index (χ1n) is 9.52. The van der Waals surface area contributed by atoms with Crippen molar-refractivity contribution >= 4 is 17.6 Å². The molecular formula is C22H21F2N3O5. The summed E-state index contributed by atoms with van der Waals surface area (Å²) < 4.78 is 44.1. The molecule has 1 aromatic heterocycles. The second-order valence-electron chi connectivity index (χ2n) is 6.64. The highest BCUT2D eigenvalue weighted by atomic mass is 19.1. The number of ether oxygens (including phenoxy) is 3. The minimum atomic E-state index is -0.882. The summed E-state index contributed by atoms with van der Waals surface area (Å²) in [7, 11) is 2.53. The number of rotatable bonds is 10. The molecule has 0 unspecified atom stereocenters. The summed E-state index contributed by atoms with van der Waals surface area (Å²) >= 11 is 0. The number of carboxylic acid groups (broad SMARTS) is 1. The summed E-state index contributed by atoms with van der Waals surface area (Å²) in [6.45, 7) is -0.424. The number of hydrogen-bond acceptors (Lipinski definition) is 7. The maximum atomic E-state index is 14.4. The van der Waals surface area contributed by atoms with Gasteiger partial charge in [0.1, 0.15) is 6.61 Å². The number of carboxylic acids is 1. The fraction of sp³-hybridized carbons (Fsp3) is 0.227. The first-order valence-corrected chi connectivity index (χ1v) is 9.52. The van der Waals surface area contributed by atoms with Gasteiger partial charge in [-0.1, -0.05) is 12.1 Å². The van der Waals surface area contributed by atoms with Crippen LogP contribution in [-0.4, -0.2) is 35.3 Å². The van der Waals surface area contributed by atoms with Crippen molar-refractivity contribution in [1.29, 1.82) is 0 Å². The summed E-state index contributed by atoms with van der Waals surface area (Å²) in [5, 5.41) is 11.8. The molecule has 1 heterocycles. The summed E-state index contributed by atoms with van der Waals surface area (Å²) in [6.07, 6.45) is 3.15. The lowest BCUT2D eigenvalue weighted by Crippen LogP contribution is -2.06. The number of aliphatic carboxylic acids is 1. The zero-order chi connectivity index (χ0) is 23.1. The van der Waals surface area contributed by atoms with E-state index in [2.05, 4.69) is 15.3 Å². The van der Waals surface area contributed by atoms with Crippen LogP contribution in [0.3, 0.4) is 0 Å². The zero-order valence-electron chi connectivity index (χ0n) is 17.4. The lowest BCUT2D eigenvalue weighted by Gasteiger charge is -2.13. The van der Waals surface area contributed by atoms with Crippen LogP contribution in [0.25, 0.3) is 0 Å². The van der Waals surface area contributed by atoms with Crippen LogP contribution in [0.5, 0.6) is 17.2 Å². The minimum absolute atomic E-state index is 0.0341. The van der Waals surface area contributed by atoms with Crippen molar-refractivity contribution in [2.45, 2.75) is 19.4 Å². The van der Waals surface area contributed by atoms with E-state index in [0.717, 1.165) is 11.6 Å². The van der Waals surface area contributed by atoms with E-state index in [-0.39, 0.29) is 35.2 Å². The molecule has 0 bridgehead atoms. The Kier molecular flexibility index (Phi) is 7.37. The molecule has 0 atom stereocenters. The first kappa shape index (κ1) is 22.7. The van der Waals surface area contributed by atoms with E-state index in [0.29, 0.717) is 12.1 Å². The summed E-state index contributed by atoms with van der Waals surface area (Å²) in [6, 6.07) is 8.34. The van der Waals surface area contributed by atoms with Crippen LogP contribution in [0, 0.1) is 11.6 Å². The van der Waals surface area contributed by atoms with Gasteiger partial charge in [0.05, 0.1) is 32.2 Å². The highest BCUT2D eigenvalue weighted by Gasteiger charge is 2.20. The van der Waals surface area contributed by atoms with Crippen LogP contribution in [0.1, 0.15) is 17.5 Å². The number of hydrogen-bond donors (Lipinski definition) is 2. The van der Waals surface area contributed by atoms with Crippen molar-refractivity contribution in [3.8, 4) is 17.2 Å². The van der Waals surface area contributed by atoms with E-state index in [1.165, 1.54) is 26.6 Å². The summed E-state index contributed by atoms with van der Waals surface area (Å²) in [5.74, 6) is -2.49. The van der Waals surface area contributed by atoms with Crippen LogP contribution in [-0.2, 0) is 17.8 Å². The van der Waals surface area contributed by atoms with Crippen LogP contribution in [0.4, 0.5) is 20.4 Å². The van der Waals surface area contributed by atoms with Crippen molar-refractivity contribution in [2.75, 3.05) is 19.5 Å². The average molecular weight is 445 g/mol. The molecule has 32 heavy (non-hydrogen) atoms. The van der Waals surface area contributed by atoms with Gasteiger partial charge in [-0.05, 0) is 24.1 Å². The molecule has 0 radical (unpaired) electrons. The molecule has 8 nitrogen and oxygen atoms in total. The number of anilines is 2. The lowest BCUT2D eigenvalue weighted by atomic mass is 10.1. The molecule has 2 N–H and O–H groups in total. The number of methoxy groups -OCH3 is 2. The Morgan fingerprint density at radius 2 is 1.72 bits per heavy atom. The summed E-state index contributed by atoms with van der Waals surface area (Å²) in [4.78, 5) is 19.0. The third-order valence-electron chi connectivity index (χ3n) is 4.49. The Morgan fingerprint density at radius 1 is 1.06 bits per heavy atom. The van der Waals surface area contributed by atoms with Gasteiger partial charge >= 0.3 is 5.97 Å². The van der Waals surface area contributed by atoms with Gasteiger partial charge in [0.25, 0.3) is 0 Å². The SMILES string of the molecule is COc1cc(OC)c(F)c(COc2cnc(Nc3cccc(CCC(=O)O)c3)nc2)c1F. The van der Waals surface area contributed by atoms with Gasteiger partial charge in [0, 0.05) is 18.2 Å². The number of nitrogens with zero attached hydrogens (tertiary/aromatic N) is 2. The zero-order valence-corrected chi connectivity index (χ0v) is 17.4. The molecule has 3 aromatic rings. The fourth-order valence-electron chi connectivity index (χ4n) is 2.86. The van der Waals surface area contributed by atoms with Crippen LogP contribution in [0.15, 0.2) is 42.7 Å². The van der Waals surface area contributed by atoms with Crippen molar-refractivity contribution < 1.29 is 32.9 Å². The van der Waals surface area contributed by atoms with Gasteiger partial charge in [-0.15, -0.1) is 0 Å². The van der Waals surface area contributed by atoms with Gasteiger partial charge in [0.2, 0.25) is 5.95 Å². The van der Waals surface area contributed by atoms with Gasteiger partial charge < -0.3 is 24.6 Å². The van der Waals surface area contributed by atoms with Gasteiger partial charge in [-0.25, -0.2) is 18.7 Å². The highest BCUT2D eigenvalue weighted by molar-refractivity contribution is 5.67. The number of benzene rings is 2. The molecule has 0 fully saturated rings. The molecule has 2 aromatic carbocycles. The Morgan fingerprint density at radius 3 is 2.31 bits per heavy atom. The van der Waals surface area contributed by atoms with E-state index < -0.39 is 24.2 Å². The summed E-state index contributed by atoms with van der Waals surface area (Å²) in [5.41, 5.74) is 1.20. The van der Waals surface area contributed by atoms with Crippen molar-refractivity contribution in [1.82, 2.24) is 9.97 Å². The molecule has 168 valence electrons. The minimum Gasteiger partial charge on any atom is -0.494 e. The van der Waals surface area contributed by atoms with Gasteiger partial charge in [0.15, 0.2) is 28.9 Å². The third kappa shape index (κ3) is 5.60. The molecule has 0 aliphatic rings. The van der Waals surface area contributed by atoms with E-state index in [1.54, 1.807) is 18.2 Å². The maximum Gasteiger partial charge on any atom is 0.303 e. The molecule has 0 aliphatic heterocycles. The molecule has 0 spiro atoms. The number of carbonyl (C=O) groups is 1. The Labute approximate surface area is 182 Å². The lowest BCUT2D eigenvalue weighted by molar-refractivity contribution is -0.136. The molecule has 3 rings (SSSR count). The van der Waals surface area contributed by atoms with E-state index in [9.17, 15) is 13.6 Å². The van der Waals surface area contributed by atoms with Crippen molar-refractivity contribution in [2.24, 2.45) is 0 Å². The number of halogens is 2. The number of aryl methyl sites for hydroxylation is 1. The Balaban J connectivity index is 1.66. The van der Waals surface area contributed by atoms with E-state index in [4.69, 9.17) is 19.3 Å². The largest absolute Gasteiger partial charge is 0.494 e. The molecule has 0 saturated carbocycles. The second-order valence-corrected chi connectivity index (χ2v) is 6.64. The predicted molar refractivity (Wildman–Crippen MR) is 112 cm³/mol. The normalized spacial score (nSPS) is 10.5. The quantitative estimate of drug-likeness (QED) is 0.481. The highest BCUT2D eigenvalue weighted by Crippen LogP contribution is 2.32. The average Bonchev–Trinajstić information content (AvgIpc) is 2.79. The smallest absolute Gasteiger partial charge is 0.303 e. The predicted octanol–water partition coefficient (Wildman–Crippen LogP) is 4.11. The monoisotopic (exact) mass is 445 g/mol. The molecular weight excluding hydrogens is 424 g/mol. The van der Waals surface area contributed by atoms with Crippen molar-refractivity contribution in [3.05, 3.63) is 65.5 Å². The van der Waals surface area contributed by atoms with Crippen LogP contribution >= 0.6 is 0 Å². The molecule has 10 heteroatoms. The van der Waals surface area contributed by atoms with Gasteiger partial charge in [-0.2, -0.15) is 0 Å². The topological polar surface area (TPSA) is 103 Å². The van der Waals surface area contributed by atoms with Crippen molar-refractivity contribution in [3.63, 3.8) is 0 Å². The number of nitrogens with one attached hydrogen (secondary N) is 1. The van der Waals surface area contributed by atoms with Crippen LogP contribution in [0.2, 0.25) is 0 Å². The molecule has 0 amide bonds.